The van der Waals surface area contributed by atoms with E-state index in [1.807, 2.05) is 73.1 Å². The van der Waals surface area contributed by atoms with Crippen molar-refractivity contribution in [3.05, 3.63) is 97.0 Å². The number of nitrogens with zero attached hydrogens (tertiary/aromatic N) is 3. The molecule has 3 aromatic heterocycles. The van der Waals surface area contributed by atoms with Crippen molar-refractivity contribution in [2.45, 2.75) is 24.8 Å². The van der Waals surface area contributed by atoms with Crippen molar-refractivity contribution >= 4 is 11.7 Å². The van der Waals surface area contributed by atoms with Crippen molar-refractivity contribution in [2.75, 3.05) is 7.11 Å². The van der Waals surface area contributed by atoms with E-state index in [-0.39, 0.29) is 0 Å². The van der Waals surface area contributed by atoms with E-state index in [0.29, 0.717) is 5.75 Å². The van der Waals surface area contributed by atoms with E-state index in [4.69, 9.17) is 9.72 Å². The van der Waals surface area contributed by atoms with Crippen LogP contribution in [0.4, 0.5) is 4.79 Å². The van der Waals surface area contributed by atoms with Crippen molar-refractivity contribution in [3.63, 3.8) is 0 Å². The fourth-order valence-corrected chi connectivity index (χ4v) is 5.21. The Hall–Kier alpha value is -4.65. The summed E-state index contributed by atoms with van der Waals surface area (Å²) in [5.74, 6) is 0.685. The maximum atomic E-state index is 11.4. The number of amides is 1. The van der Waals surface area contributed by atoms with Crippen molar-refractivity contribution in [2.24, 2.45) is 0 Å². The van der Waals surface area contributed by atoms with Gasteiger partial charge in [-0.2, -0.15) is 0 Å². The number of carbonyl (C=O) groups is 1. The molecule has 2 N–H and O–H groups in total. The number of carboxylic acid groups (broad SMARTS) is 1. The quantitative estimate of drug-likeness (QED) is 0.288. The van der Waals surface area contributed by atoms with Crippen LogP contribution >= 0.6 is 0 Å². The van der Waals surface area contributed by atoms with E-state index in [1.165, 1.54) is 0 Å². The lowest BCUT2D eigenvalue weighted by molar-refractivity contribution is 0.144. The Labute approximate surface area is 214 Å². The van der Waals surface area contributed by atoms with Crippen molar-refractivity contribution in [1.82, 2.24) is 19.7 Å². The van der Waals surface area contributed by atoms with Crippen LogP contribution in [-0.2, 0) is 5.54 Å². The summed E-state index contributed by atoms with van der Waals surface area (Å²) in [4.78, 5) is 20.9. The standard InChI is InChI=1S/C30H26N4O3/c1-37-24-17-22(18-31-19-24)25-9-5-16-34-27(21-7-3-2-4-8-21)26(32-28(25)34)20-10-12-23(13-11-20)30(14-6-15-30)33-29(35)36/h2-5,7-13,16-19,33H,6,14-15H2,1H3,(H,35,36). The lowest BCUT2D eigenvalue weighted by Gasteiger charge is -2.42. The predicted octanol–water partition coefficient (Wildman–Crippen LogP) is 6.39. The van der Waals surface area contributed by atoms with E-state index in [2.05, 4.69) is 26.8 Å². The molecule has 184 valence electrons. The number of hydrogen-bond donors (Lipinski definition) is 2. The monoisotopic (exact) mass is 490 g/mol. The van der Waals surface area contributed by atoms with Crippen LogP contribution < -0.4 is 10.1 Å². The molecule has 5 aromatic rings. The summed E-state index contributed by atoms with van der Waals surface area (Å²) in [5, 5.41) is 12.1. The first-order chi connectivity index (χ1) is 18.1. The van der Waals surface area contributed by atoms with Gasteiger partial charge < -0.3 is 15.2 Å². The van der Waals surface area contributed by atoms with E-state index >= 15 is 0 Å². The van der Waals surface area contributed by atoms with E-state index in [1.54, 1.807) is 13.3 Å². The first kappa shape index (κ1) is 22.8. The molecule has 1 fully saturated rings. The minimum Gasteiger partial charge on any atom is -0.495 e. The molecule has 7 heteroatoms. The molecule has 0 saturated heterocycles. The maximum Gasteiger partial charge on any atom is 0.405 e. The summed E-state index contributed by atoms with van der Waals surface area (Å²) in [6.07, 6.45) is 7.16. The number of ether oxygens (including phenoxy) is 1. The van der Waals surface area contributed by atoms with Crippen LogP contribution in [0, 0.1) is 0 Å². The smallest absolute Gasteiger partial charge is 0.405 e. The third-order valence-corrected chi connectivity index (χ3v) is 7.22. The van der Waals surface area contributed by atoms with Gasteiger partial charge >= 0.3 is 6.09 Å². The third-order valence-electron chi connectivity index (χ3n) is 7.22. The van der Waals surface area contributed by atoms with Crippen LogP contribution in [-0.4, -0.2) is 32.7 Å². The van der Waals surface area contributed by atoms with Crippen LogP contribution in [0.15, 0.2) is 91.4 Å². The molecule has 1 amide bonds. The third kappa shape index (κ3) is 3.98. The van der Waals surface area contributed by atoms with E-state index in [0.717, 1.165) is 64.1 Å². The molecule has 0 unspecified atom stereocenters. The largest absolute Gasteiger partial charge is 0.495 e. The van der Waals surface area contributed by atoms with Crippen LogP contribution in [0.25, 0.3) is 39.3 Å². The SMILES string of the molecule is COc1cncc(-c2cccn3c(-c4ccccc4)c(-c4ccc(C5(NC(=O)O)CCC5)cc4)nc23)c1. The van der Waals surface area contributed by atoms with Gasteiger partial charge in [0.25, 0.3) is 0 Å². The molecule has 0 radical (unpaired) electrons. The van der Waals surface area contributed by atoms with Crippen molar-refractivity contribution < 1.29 is 14.6 Å². The molecule has 0 aliphatic heterocycles. The molecular formula is C30H26N4O3. The van der Waals surface area contributed by atoms with Gasteiger partial charge in [0.2, 0.25) is 0 Å². The number of pyridine rings is 2. The molecule has 1 aliphatic rings. The van der Waals surface area contributed by atoms with Crippen LogP contribution in [0.3, 0.4) is 0 Å². The van der Waals surface area contributed by atoms with Gasteiger partial charge in [-0.15, -0.1) is 0 Å². The average Bonchev–Trinajstić information content (AvgIpc) is 3.31. The fourth-order valence-electron chi connectivity index (χ4n) is 5.21. The first-order valence-electron chi connectivity index (χ1n) is 12.3. The van der Waals surface area contributed by atoms with Gasteiger partial charge in [0.05, 0.1) is 30.2 Å². The minimum absolute atomic E-state index is 0.502. The highest BCUT2D eigenvalue weighted by molar-refractivity contribution is 5.87. The molecule has 37 heavy (non-hydrogen) atoms. The van der Waals surface area contributed by atoms with Gasteiger partial charge in [-0.05, 0) is 43.0 Å². The minimum atomic E-state index is -0.991. The Kier molecular flexibility index (Phi) is 5.60. The Morgan fingerprint density at radius 2 is 1.76 bits per heavy atom. The lowest BCUT2D eigenvalue weighted by Crippen LogP contribution is -2.50. The number of rotatable bonds is 6. The molecular weight excluding hydrogens is 464 g/mol. The summed E-state index contributed by atoms with van der Waals surface area (Å²) in [6.45, 7) is 0. The van der Waals surface area contributed by atoms with Gasteiger partial charge in [0.15, 0.2) is 0 Å². The highest BCUT2D eigenvalue weighted by atomic mass is 16.5. The number of benzene rings is 2. The average molecular weight is 491 g/mol. The summed E-state index contributed by atoms with van der Waals surface area (Å²) >= 11 is 0. The zero-order chi connectivity index (χ0) is 25.4. The number of aromatic nitrogens is 3. The first-order valence-corrected chi connectivity index (χ1v) is 12.3. The molecule has 3 heterocycles. The zero-order valence-electron chi connectivity index (χ0n) is 20.4. The van der Waals surface area contributed by atoms with Gasteiger partial charge in [-0.3, -0.25) is 9.38 Å². The van der Waals surface area contributed by atoms with Gasteiger partial charge in [0.1, 0.15) is 11.4 Å². The molecule has 1 aliphatic carbocycles. The van der Waals surface area contributed by atoms with Gasteiger partial charge in [0, 0.05) is 34.6 Å². The molecule has 0 spiro atoms. The molecule has 1 saturated carbocycles. The maximum absolute atomic E-state index is 11.4. The van der Waals surface area contributed by atoms with E-state index < -0.39 is 11.6 Å². The van der Waals surface area contributed by atoms with Crippen LogP contribution in [0.1, 0.15) is 24.8 Å². The van der Waals surface area contributed by atoms with Gasteiger partial charge in [-0.1, -0.05) is 54.6 Å². The van der Waals surface area contributed by atoms with E-state index in [9.17, 15) is 9.90 Å². The molecule has 0 bridgehead atoms. The molecule has 2 aromatic carbocycles. The Bertz CT molecular complexity index is 1590. The number of methoxy groups -OCH3 is 1. The van der Waals surface area contributed by atoms with Crippen molar-refractivity contribution in [1.29, 1.82) is 0 Å². The molecule has 0 atom stereocenters. The zero-order valence-corrected chi connectivity index (χ0v) is 20.4. The summed E-state index contributed by atoms with van der Waals surface area (Å²) < 4.78 is 7.52. The second-order valence-electron chi connectivity index (χ2n) is 9.35. The highest BCUT2D eigenvalue weighted by Gasteiger charge is 2.40. The fraction of sp³-hybridized carbons (Fsp3) is 0.167. The molecule has 7 nitrogen and oxygen atoms in total. The van der Waals surface area contributed by atoms with Gasteiger partial charge in [-0.25, -0.2) is 9.78 Å². The Morgan fingerprint density at radius 3 is 2.43 bits per heavy atom. The lowest BCUT2D eigenvalue weighted by atomic mass is 9.72. The highest BCUT2D eigenvalue weighted by Crippen LogP contribution is 2.42. The predicted molar refractivity (Wildman–Crippen MR) is 143 cm³/mol. The summed E-state index contributed by atoms with van der Waals surface area (Å²) in [7, 11) is 1.63. The van der Waals surface area contributed by atoms with Crippen LogP contribution in [0.2, 0.25) is 0 Å². The number of imidazole rings is 1. The van der Waals surface area contributed by atoms with Crippen molar-refractivity contribution in [3.8, 4) is 39.4 Å². The second-order valence-corrected chi connectivity index (χ2v) is 9.35. The molecule has 6 rings (SSSR count). The summed E-state index contributed by atoms with van der Waals surface area (Å²) in [5.41, 5.74) is 7.03. The topological polar surface area (TPSA) is 88.8 Å². The number of fused-ring (bicyclic) bond motifs is 1. The van der Waals surface area contributed by atoms with Crippen LogP contribution in [0.5, 0.6) is 5.75 Å². The second kappa shape index (κ2) is 9.09. The summed E-state index contributed by atoms with van der Waals surface area (Å²) in [6, 6.07) is 24.4. The normalized spacial score (nSPS) is 14.2. The Balaban J connectivity index is 1.52. The Morgan fingerprint density at radius 1 is 0.973 bits per heavy atom. The number of nitrogens with one attached hydrogen (secondary N) is 1. The number of hydrogen-bond acceptors (Lipinski definition) is 4.